The monoisotopic (exact) mass is 254 g/mol. The first-order valence-electron chi connectivity index (χ1n) is 4.01. The van der Waals surface area contributed by atoms with Crippen molar-refractivity contribution < 1.29 is 4.92 Å². The molecule has 1 heterocycles. The molecule has 72 valence electrons. The highest BCUT2D eigenvalue weighted by atomic mass is 79.9. The second-order valence-corrected chi connectivity index (χ2v) is 3.99. The van der Waals surface area contributed by atoms with Crippen LogP contribution in [0.15, 0.2) is 22.8 Å². The smallest absolute Gasteiger partial charge is 0.280 e. The van der Waals surface area contributed by atoms with Crippen LogP contribution in [-0.4, -0.2) is 9.91 Å². The summed E-state index contributed by atoms with van der Waals surface area (Å²) < 4.78 is 0.707. The van der Waals surface area contributed by atoms with Crippen molar-refractivity contribution in [2.24, 2.45) is 0 Å². The zero-order valence-electron chi connectivity index (χ0n) is 7.37. The Morgan fingerprint density at radius 1 is 1.50 bits per heavy atom. The van der Waals surface area contributed by atoms with Gasteiger partial charge in [0.25, 0.3) is 5.69 Å². The molecule has 0 aliphatic heterocycles. The van der Waals surface area contributed by atoms with Crippen LogP contribution in [0.5, 0.6) is 0 Å². The van der Waals surface area contributed by atoms with Crippen LogP contribution < -0.4 is 0 Å². The van der Waals surface area contributed by atoms with Gasteiger partial charge in [-0.3, -0.25) is 10.1 Å². The van der Waals surface area contributed by atoms with Gasteiger partial charge in [0, 0.05) is 16.7 Å². The highest BCUT2D eigenvalue weighted by molar-refractivity contribution is 9.10. The molecule has 5 heteroatoms. The van der Waals surface area contributed by atoms with Crippen molar-refractivity contribution in [2.75, 3.05) is 0 Å². The van der Waals surface area contributed by atoms with Crippen LogP contribution in [0.2, 0.25) is 0 Å². The Labute approximate surface area is 88.2 Å². The van der Waals surface area contributed by atoms with Gasteiger partial charge < -0.3 is 4.98 Å². The lowest BCUT2D eigenvalue weighted by atomic mass is 10.1. The fourth-order valence-corrected chi connectivity index (χ4v) is 1.97. The van der Waals surface area contributed by atoms with E-state index in [1.54, 1.807) is 6.20 Å². The Kier molecular flexibility index (Phi) is 2.03. The fourth-order valence-electron chi connectivity index (χ4n) is 1.52. The first-order valence-corrected chi connectivity index (χ1v) is 4.80. The molecule has 0 atom stereocenters. The molecule has 2 aromatic rings. The number of halogens is 1. The van der Waals surface area contributed by atoms with E-state index in [1.165, 1.54) is 6.07 Å². The number of hydrogen-bond acceptors (Lipinski definition) is 2. The number of fused-ring (bicyclic) bond motifs is 1. The van der Waals surface area contributed by atoms with E-state index in [1.807, 2.05) is 13.0 Å². The average Bonchev–Trinajstić information content (AvgIpc) is 2.46. The van der Waals surface area contributed by atoms with Gasteiger partial charge in [0.15, 0.2) is 0 Å². The van der Waals surface area contributed by atoms with E-state index >= 15 is 0 Å². The molecule has 0 saturated carbocycles. The number of hydrogen-bond donors (Lipinski definition) is 1. The number of nitro benzene ring substituents is 1. The van der Waals surface area contributed by atoms with Crippen LogP contribution in [0.1, 0.15) is 5.56 Å². The van der Waals surface area contributed by atoms with E-state index in [-0.39, 0.29) is 10.6 Å². The second kappa shape index (κ2) is 3.09. The van der Waals surface area contributed by atoms with Crippen molar-refractivity contribution in [3.8, 4) is 0 Å². The van der Waals surface area contributed by atoms with E-state index in [0.717, 1.165) is 11.1 Å². The highest BCUT2D eigenvalue weighted by Gasteiger charge is 2.15. The minimum absolute atomic E-state index is 0.133. The number of nitrogens with zero attached hydrogens (tertiary/aromatic N) is 1. The number of aromatic amines is 1. The summed E-state index contributed by atoms with van der Waals surface area (Å²) in [5, 5.41) is 11.5. The normalized spacial score (nSPS) is 10.7. The summed E-state index contributed by atoms with van der Waals surface area (Å²) in [7, 11) is 0. The SMILES string of the molecule is Cc1c[nH]c2cc(Br)cc([N+](=O)[O-])c12. The molecule has 0 radical (unpaired) electrons. The maximum atomic E-state index is 10.8. The quantitative estimate of drug-likeness (QED) is 0.628. The number of H-pyrrole nitrogens is 1. The topological polar surface area (TPSA) is 58.9 Å². The van der Waals surface area contributed by atoms with Gasteiger partial charge in [0.05, 0.1) is 15.8 Å². The fraction of sp³-hybridized carbons (Fsp3) is 0.111. The van der Waals surface area contributed by atoms with E-state index in [4.69, 9.17) is 0 Å². The van der Waals surface area contributed by atoms with Crippen LogP contribution in [0.4, 0.5) is 5.69 Å². The van der Waals surface area contributed by atoms with Gasteiger partial charge in [0.2, 0.25) is 0 Å². The highest BCUT2D eigenvalue weighted by Crippen LogP contribution is 2.31. The first-order chi connectivity index (χ1) is 6.59. The molecule has 1 N–H and O–H groups in total. The van der Waals surface area contributed by atoms with Gasteiger partial charge in [-0.2, -0.15) is 0 Å². The van der Waals surface area contributed by atoms with Crippen LogP contribution in [-0.2, 0) is 0 Å². The average molecular weight is 255 g/mol. The van der Waals surface area contributed by atoms with Gasteiger partial charge >= 0.3 is 0 Å². The predicted octanol–water partition coefficient (Wildman–Crippen LogP) is 3.15. The summed E-state index contributed by atoms with van der Waals surface area (Å²) in [6, 6.07) is 3.35. The van der Waals surface area contributed by atoms with E-state index in [0.29, 0.717) is 9.86 Å². The third-order valence-electron chi connectivity index (χ3n) is 2.12. The van der Waals surface area contributed by atoms with E-state index in [9.17, 15) is 10.1 Å². The zero-order valence-corrected chi connectivity index (χ0v) is 8.96. The summed E-state index contributed by atoms with van der Waals surface area (Å²) in [5.41, 5.74) is 1.80. The molecule has 0 saturated heterocycles. The standard InChI is InChI=1S/C9H7BrN2O2/c1-5-4-11-7-2-6(10)3-8(9(5)7)12(13)14/h2-4,11H,1H3. The van der Waals surface area contributed by atoms with Crippen LogP contribution in [0.3, 0.4) is 0 Å². The Morgan fingerprint density at radius 2 is 2.21 bits per heavy atom. The van der Waals surface area contributed by atoms with Gasteiger partial charge in [-0.1, -0.05) is 15.9 Å². The van der Waals surface area contributed by atoms with E-state index < -0.39 is 0 Å². The molecule has 0 bridgehead atoms. The molecule has 0 fully saturated rings. The molecule has 1 aromatic heterocycles. The van der Waals surface area contributed by atoms with Crippen molar-refractivity contribution >= 4 is 32.5 Å². The number of aryl methyl sites for hydroxylation is 1. The number of benzene rings is 1. The summed E-state index contributed by atoms with van der Waals surface area (Å²) in [5.74, 6) is 0. The van der Waals surface area contributed by atoms with Gasteiger partial charge in [0.1, 0.15) is 0 Å². The van der Waals surface area contributed by atoms with Gasteiger partial charge in [-0.15, -0.1) is 0 Å². The summed E-state index contributed by atoms with van der Waals surface area (Å²) in [4.78, 5) is 13.4. The first kappa shape index (κ1) is 9.21. The third-order valence-corrected chi connectivity index (χ3v) is 2.58. The van der Waals surface area contributed by atoms with Crippen LogP contribution in [0, 0.1) is 17.0 Å². The second-order valence-electron chi connectivity index (χ2n) is 3.08. The number of rotatable bonds is 1. The largest absolute Gasteiger partial charge is 0.361 e. The number of non-ortho nitro benzene ring substituents is 1. The minimum atomic E-state index is -0.367. The van der Waals surface area contributed by atoms with Crippen molar-refractivity contribution in [2.45, 2.75) is 6.92 Å². The molecule has 4 nitrogen and oxygen atoms in total. The third kappa shape index (κ3) is 1.29. The Morgan fingerprint density at radius 3 is 2.86 bits per heavy atom. The molecular formula is C9H7BrN2O2. The Hall–Kier alpha value is -1.36. The summed E-state index contributed by atoms with van der Waals surface area (Å²) >= 11 is 3.24. The molecule has 0 aliphatic rings. The number of aromatic nitrogens is 1. The molecule has 1 aromatic carbocycles. The maximum absolute atomic E-state index is 10.8. The molecule has 2 rings (SSSR count). The lowest BCUT2D eigenvalue weighted by Crippen LogP contribution is -1.89. The van der Waals surface area contributed by atoms with Crippen molar-refractivity contribution in [3.63, 3.8) is 0 Å². The minimum Gasteiger partial charge on any atom is -0.361 e. The molecule has 14 heavy (non-hydrogen) atoms. The van der Waals surface area contributed by atoms with Crippen LogP contribution >= 0.6 is 15.9 Å². The molecule has 0 amide bonds. The summed E-state index contributed by atoms with van der Waals surface area (Å²) in [6.45, 7) is 1.85. The van der Waals surface area contributed by atoms with E-state index in [2.05, 4.69) is 20.9 Å². The molecule has 0 spiro atoms. The number of nitrogens with one attached hydrogen (secondary N) is 1. The van der Waals surface area contributed by atoms with Gasteiger partial charge in [-0.25, -0.2) is 0 Å². The van der Waals surface area contributed by atoms with Crippen LogP contribution in [0.25, 0.3) is 10.9 Å². The van der Waals surface area contributed by atoms with Crippen molar-refractivity contribution in [3.05, 3.63) is 38.5 Å². The summed E-state index contributed by atoms with van der Waals surface area (Å²) in [6.07, 6.45) is 1.77. The molecule has 0 unspecified atom stereocenters. The Balaban J connectivity index is 2.90. The lowest BCUT2D eigenvalue weighted by molar-refractivity contribution is -0.383. The Bertz CT molecular complexity index is 519. The maximum Gasteiger partial charge on any atom is 0.280 e. The van der Waals surface area contributed by atoms with Crippen molar-refractivity contribution in [1.82, 2.24) is 4.98 Å². The molecule has 0 aliphatic carbocycles. The zero-order chi connectivity index (χ0) is 10.3. The predicted molar refractivity (Wildman–Crippen MR) is 57.4 cm³/mol. The van der Waals surface area contributed by atoms with Crippen molar-refractivity contribution in [1.29, 1.82) is 0 Å². The lowest BCUT2D eigenvalue weighted by Gasteiger charge is -1.96. The number of nitro groups is 1. The molecular weight excluding hydrogens is 248 g/mol. The van der Waals surface area contributed by atoms with Gasteiger partial charge in [-0.05, 0) is 18.6 Å².